The minimum absolute atomic E-state index is 0.0926. The monoisotopic (exact) mass is 378 g/mol. The highest BCUT2D eigenvalue weighted by molar-refractivity contribution is 5.76. The van der Waals surface area contributed by atoms with Crippen molar-refractivity contribution in [3.63, 3.8) is 0 Å². The normalized spacial score (nSPS) is 14.3. The van der Waals surface area contributed by atoms with Crippen molar-refractivity contribution in [2.24, 2.45) is 0 Å². The van der Waals surface area contributed by atoms with E-state index in [4.69, 9.17) is 4.52 Å². The van der Waals surface area contributed by atoms with Gasteiger partial charge < -0.3 is 19.4 Å². The number of amides is 1. The summed E-state index contributed by atoms with van der Waals surface area (Å²) >= 11 is 0. The second-order valence-electron chi connectivity index (χ2n) is 6.77. The molecule has 1 N–H and O–H groups in total. The van der Waals surface area contributed by atoms with Crippen LogP contribution in [0.2, 0.25) is 0 Å². The molecule has 1 aromatic heterocycles. The average Bonchev–Trinajstić information content (AvgIpc) is 3.22. The molecule has 1 saturated heterocycles. The molecule has 0 aliphatic carbocycles. The number of carbonyl (C=O) groups is 1. The maximum Gasteiger partial charge on any atom is 0.227 e. The first kappa shape index (κ1) is 18.0. The fourth-order valence-electron chi connectivity index (χ4n) is 3.34. The minimum atomic E-state index is 0.0926. The predicted octanol–water partition coefficient (Wildman–Crippen LogP) is 2.72. The number of carbonyl (C=O) groups excluding carboxylic acids is 1. The number of hydrogen-bond acceptors (Lipinski definition) is 6. The molecule has 1 aliphatic rings. The molecule has 0 spiro atoms. The van der Waals surface area contributed by atoms with E-state index in [0.717, 1.165) is 24.3 Å². The van der Waals surface area contributed by atoms with Crippen LogP contribution in [0.1, 0.15) is 12.3 Å². The maximum atomic E-state index is 12.5. The molecular formula is C21H22N4O3. The molecule has 7 heteroatoms. The van der Waals surface area contributed by atoms with E-state index in [0.29, 0.717) is 37.6 Å². The van der Waals surface area contributed by atoms with Crippen LogP contribution in [0.25, 0.3) is 11.4 Å². The van der Waals surface area contributed by atoms with Gasteiger partial charge >= 0.3 is 0 Å². The zero-order chi connectivity index (χ0) is 19.3. The summed E-state index contributed by atoms with van der Waals surface area (Å²) in [6.45, 7) is 2.81. The highest BCUT2D eigenvalue weighted by Crippen LogP contribution is 2.21. The third-order valence-electron chi connectivity index (χ3n) is 4.88. The van der Waals surface area contributed by atoms with Gasteiger partial charge in [0.05, 0.1) is 0 Å². The van der Waals surface area contributed by atoms with Crippen LogP contribution >= 0.6 is 0 Å². The molecule has 2 aromatic carbocycles. The van der Waals surface area contributed by atoms with Gasteiger partial charge in [0.2, 0.25) is 17.6 Å². The van der Waals surface area contributed by atoms with E-state index < -0.39 is 0 Å². The second-order valence-corrected chi connectivity index (χ2v) is 6.77. The van der Waals surface area contributed by atoms with Crippen molar-refractivity contribution in [1.29, 1.82) is 0 Å². The Balaban J connectivity index is 1.28. The molecule has 1 fully saturated rings. The topological polar surface area (TPSA) is 82.7 Å². The zero-order valence-corrected chi connectivity index (χ0v) is 15.5. The Bertz CT molecular complexity index is 934. The van der Waals surface area contributed by atoms with E-state index in [1.165, 1.54) is 0 Å². The highest BCUT2D eigenvalue weighted by Gasteiger charge is 2.22. The van der Waals surface area contributed by atoms with E-state index in [-0.39, 0.29) is 11.7 Å². The Morgan fingerprint density at radius 2 is 1.82 bits per heavy atom. The molecule has 0 bridgehead atoms. The number of rotatable bonds is 5. The van der Waals surface area contributed by atoms with Gasteiger partial charge in [-0.2, -0.15) is 4.98 Å². The number of aryl methyl sites for hydroxylation is 1. The standard InChI is InChI=1S/C21H22N4O3/c26-18-8-4-7-17(15-18)24-11-13-25(14-12-24)20(27)10-9-19-22-21(23-28-19)16-5-2-1-3-6-16/h1-8,15,26H,9-14H2. The van der Waals surface area contributed by atoms with Crippen LogP contribution in [0.15, 0.2) is 59.1 Å². The number of aromatic nitrogens is 2. The lowest BCUT2D eigenvalue weighted by Crippen LogP contribution is -2.48. The van der Waals surface area contributed by atoms with Crippen molar-refractivity contribution in [2.75, 3.05) is 31.1 Å². The Hall–Kier alpha value is -3.35. The Morgan fingerprint density at radius 3 is 2.57 bits per heavy atom. The molecular weight excluding hydrogens is 356 g/mol. The second kappa shape index (κ2) is 8.12. The molecule has 144 valence electrons. The lowest BCUT2D eigenvalue weighted by molar-refractivity contribution is -0.131. The highest BCUT2D eigenvalue weighted by atomic mass is 16.5. The van der Waals surface area contributed by atoms with Crippen LogP contribution in [-0.4, -0.2) is 52.2 Å². The van der Waals surface area contributed by atoms with Gasteiger partial charge in [-0.15, -0.1) is 0 Å². The molecule has 0 radical (unpaired) electrons. The van der Waals surface area contributed by atoms with Gasteiger partial charge in [0.15, 0.2) is 0 Å². The van der Waals surface area contributed by atoms with Crippen LogP contribution in [-0.2, 0) is 11.2 Å². The fraction of sp³-hybridized carbons (Fsp3) is 0.286. The van der Waals surface area contributed by atoms with Crippen molar-refractivity contribution in [2.45, 2.75) is 12.8 Å². The summed E-state index contributed by atoms with van der Waals surface area (Å²) in [6.07, 6.45) is 0.786. The van der Waals surface area contributed by atoms with Gasteiger partial charge in [0, 0.05) is 56.3 Å². The number of piperazine rings is 1. The van der Waals surface area contributed by atoms with Crippen molar-refractivity contribution in [3.05, 3.63) is 60.5 Å². The lowest BCUT2D eigenvalue weighted by Gasteiger charge is -2.36. The van der Waals surface area contributed by atoms with Crippen LogP contribution in [0.5, 0.6) is 5.75 Å². The number of anilines is 1. The quantitative estimate of drug-likeness (QED) is 0.735. The van der Waals surface area contributed by atoms with Gasteiger partial charge in [-0.1, -0.05) is 41.6 Å². The number of benzene rings is 2. The fourth-order valence-corrected chi connectivity index (χ4v) is 3.34. The number of phenols is 1. The van der Waals surface area contributed by atoms with Gasteiger partial charge in [-0.25, -0.2) is 0 Å². The first-order chi connectivity index (χ1) is 13.7. The van der Waals surface area contributed by atoms with Gasteiger partial charge in [-0.3, -0.25) is 4.79 Å². The molecule has 2 heterocycles. The molecule has 1 amide bonds. The molecule has 0 atom stereocenters. The van der Waals surface area contributed by atoms with Crippen molar-refractivity contribution < 1.29 is 14.4 Å². The third-order valence-corrected chi connectivity index (χ3v) is 4.88. The Kier molecular flexibility index (Phi) is 5.23. The maximum absolute atomic E-state index is 12.5. The van der Waals surface area contributed by atoms with Crippen molar-refractivity contribution in [1.82, 2.24) is 15.0 Å². The first-order valence-electron chi connectivity index (χ1n) is 9.39. The Labute approximate surface area is 163 Å². The zero-order valence-electron chi connectivity index (χ0n) is 15.5. The molecule has 28 heavy (non-hydrogen) atoms. The van der Waals surface area contributed by atoms with E-state index in [1.807, 2.05) is 47.4 Å². The molecule has 7 nitrogen and oxygen atoms in total. The summed E-state index contributed by atoms with van der Waals surface area (Å²) < 4.78 is 5.28. The van der Waals surface area contributed by atoms with Gasteiger partial charge in [-0.05, 0) is 12.1 Å². The SMILES string of the molecule is O=C(CCc1nc(-c2ccccc2)no1)N1CCN(c2cccc(O)c2)CC1. The van der Waals surface area contributed by atoms with Crippen LogP contribution < -0.4 is 4.90 Å². The number of aromatic hydroxyl groups is 1. The molecule has 0 unspecified atom stereocenters. The van der Waals surface area contributed by atoms with Crippen LogP contribution in [0, 0.1) is 0 Å². The van der Waals surface area contributed by atoms with Crippen molar-refractivity contribution >= 4 is 11.6 Å². The van der Waals surface area contributed by atoms with E-state index in [9.17, 15) is 9.90 Å². The van der Waals surface area contributed by atoms with E-state index in [2.05, 4.69) is 15.0 Å². The smallest absolute Gasteiger partial charge is 0.227 e. The largest absolute Gasteiger partial charge is 0.508 e. The van der Waals surface area contributed by atoms with Crippen LogP contribution in [0.3, 0.4) is 0 Å². The predicted molar refractivity (Wildman–Crippen MR) is 105 cm³/mol. The summed E-state index contributed by atoms with van der Waals surface area (Å²) in [5.74, 6) is 1.37. The first-order valence-corrected chi connectivity index (χ1v) is 9.39. The van der Waals surface area contributed by atoms with Gasteiger partial charge in [0.1, 0.15) is 5.75 Å². The summed E-state index contributed by atoms with van der Waals surface area (Å²) in [7, 11) is 0. The molecule has 0 saturated carbocycles. The third kappa shape index (κ3) is 4.14. The summed E-state index contributed by atoms with van der Waals surface area (Å²) in [5.41, 5.74) is 1.87. The summed E-state index contributed by atoms with van der Waals surface area (Å²) in [5, 5.41) is 13.6. The average molecular weight is 378 g/mol. The van der Waals surface area contributed by atoms with Crippen molar-refractivity contribution in [3.8, 4) is 17.1 Å². The number of hydrogen-bond donors (Lipinski definition) is 1. The van der Waals surface area contributed by atoms with Gasteiger partial charge in [0.25, 0.3) is 0 Å². The number of phenolic OH excluding ortho intramolecular Hbond substituents is 1. The summed E-state index contributed by atoms with van der Waals surface area (Å²) in [6, 6.07) is 16.8. The molecule has 3 aromatic rings. The molecule has 4 rings (SSSR count). The van der Waals surface area contributed by atoms with Crippen LogP contribution in [0.4, 0.5) is 5.69 Å². The molecule has 1 aliphatic heterocycles. The Morgan fingerprint density at radius 1 is 1.04 bits per heavy atom. The lowest BCUT2D eigenvalue weighted by atomic mass is 10.2. The summed E-state index contributed by atoms with van der Waals surface area (Å²) in [4.78, 5) is 20.9. The van der Waals surface area contributed by atoms with E-state index in [1.54, 1.807) is 12.1 Å². The minimum Gasteiger partial charge on any atom is -0.508 e. The number of nitrogens with zero attached hydrogens (tertiary/aromatic N) is 4. The van der Waals surface area contributed by atoms with E-state index >= 15 is 0 Å².